The second kappa shape index (κ2) is 7.44. The Bertz CT molecular complexity index is 1010. The molecule has 0 saturated carbocycles. The lowest BCUT2D eigenvalue weighted by molar-refractivity contribution is 0.102. The number of rotatable bonds is 6. The molecular formula is C15H14ClN5O3S2. The third kappa shape index (κ3) is 4.03. The molecule has 0 aliphatic heterocycles. The molecule has 26 heavy (non-hydrogen) atoms. The number of carbonyl (C=O) groups is 1. The highest BCUT2D eigenvalue weighted by molar-refractivity contribution is 7.93. The molecule has 2 heterocycles. The standard InChI is InChI=1S/C15H14ClN5O3S2/c1-2-21-9-12(16)13(19-21)14(22)18-10-3-5-11(6-4-10)26(23,24)20-15-17-7-8-25-15/h3-9H,2H2,1H3,(H,17,20)(H,18,22). The maximum Gasteiger partial charge on any atom is 0.277 e. The minimum atomic E-state index is -3.74. The van der Waals surface area contributed by atoms with Crippen molar-refractivity contribution in [1.29, 1.82) is 0 Å². The molecule has 0 bridgehead atoms. The Hall–Kier alpha value is -2.43. The Labute approximate surface area is 158 Å². The highest BCUT2D eigenvalue weighted by Crippen LogP contribution is 2.21. The van der Waals surface area contributed by atoms with Crippen LogP contribution in [0.25, 0.3) is 0 Å². The summed E-state index contributed by atoms with van der Waals surface area (Å²) in [5.41, 5.74) is 0.529. The average Bonchev–Trinajstić information content (AvgIpc) is 3.24. The van der Waals surface area contributed by atoms with Crippen LogP contribution in [0.2, 0.25) is 5.02 Å². The molecule has 0 aliphatic carbocycles. The number of anilines is 2. The van der Waals surface area contributed by atoms with E-state index < -0.39 is 15.9 Å². The number of sulfonamides is 1. The summed E-state index contributed by atoms with van der Waals surface area (Å²) < 4.78 is 28.5. The van der Waals surface area contributed by atoms with E-state index in [0.717, 1.165) is 0 Å². The van der Waals surface area contributed by atoms with E-state index in [1.165, 1.54) is 41.8 Å². The average molecular weight is 412 g/mol. The van der Waals surface area contributed by atoms with Crippen molar-refractivity contribution in [3.8, 4) is 0 Å². The molecule has 8 nitrogen and oxygen atoms in total. The quantitative estimate of drug-likeness (QED) is 0.648. The van der Waals surface area contributed by atoms with Gasteiger partial charge in [-0.3, -0.25) is 14.2 Å². The fraction of sp³-hybridized carbons (Fsp3) is 0.133. The number of aromatic nitrogens is 3. The van der Waals surface area contributed by atoms with Gasteiger partial charge in [-0.2, -0.15) is 5.10 Å². The number of halogens is 1. The number of carbonyl (C=O) groups excluding carboxylic acids is 1. The summed E-state index contributed by atoms with van der Waals surface area (Å²) in [5, 5.41) is 8.92. The summed E-state index contributed by atoms with van der Waals surface area (Å²) in [6.45, 7) is 2.47. The van der Waals surface area contributed by atoms with Gasteiger partial charge in [0.15, 0.2) is 10.8 Å². The smallest absolute Gasteiger partial charge is 0.277 e. The Morgan fingerprint density at radius 3 is 2.62 bits per heavy atom. The zero-order chi connectivity index (χ0) is 18.7. The number of nitrogens with one attached hydrogen (secondary N) is 2. The number of nitrogens with zero attached hydrogens (tertiary/aromatic N) is 3. The Morgan fingerprint density at radius 2 is 2.04 bits per heavy atom. The summed E-state index contributed by atoms with van der Waals surface area (Å²) in [6, 6.07) is 5.74. The first-order valence-corrected chi connectivity index (χ1v) is 10.2. The van der Waals surface area contributed by atoms with Gasteiger partial charge >= 0.3 is 0 Å². The number of aryl methyl sites for hydroxylation is 1. The molecule has 3 rings (SSSR count). The first-order valence-electron chi connectivity index (χ1n) is 7.45. The lowest BCUT2D eigenvalue weighted by Crippen LogP contribution is -2.15. The van der Waals surface area contributed by atoms with E-state index in [0.29, 0.717) is 12.2 Å². The number of thiazole rings is 1. The van der Waals surface area contributed by atoms with Crippen LogP contribution in [0.4, 0.5) is 10.8 Å². The molecule has 0 atom stereocenters. The van der Waals surface area contributed by atoms with Crippen LogP contribution in [0.3, 0.4) is 0 Å². The van der Waals surface area contributed by atoms with Crippen LogP contribution in [0, 0.1) is 0 Å². The van der Waals surface area contributed by atoms with E-state index >= 15 is 0 Å². The zero-order valence-electron chi connectivity index (χ0n) is 13.5. The Kier molecular flexibility index (Phi) is 5.25. The lowest BCUT2D eigenvalue weighted by Gasteiger charge is -2.07. The largest absolute Gasteiger partial charge is 0.321 e. The first kappa shape index (κ1) is 18.4. The van der Waals surface area contributed by atoms with Gasteiger partial charge < -0.3 is 5.32 Å². The van der Waals surface area contributed by atoms with E-state index in [1.807, 2.05) is 6.92 Å². The number of hydrogen-bond acceptors (Lipinski definition) is 6. The van der Waals surface area contributed by atoms with Crippen LogP contribution in [0.15, 0.2) is 46.9 Å². The monoisotopic (exact) mass is 411 g/mol. The van der Waals surface area contributed by atoms with Crippen LogP contribution < -0.4 is 10.0 Å². The summed E-state index contributed by atoms with van der Waals surface area (Å²) in [5.74, 6) is -0.473. The zero-order valence-corrected chi connectivity index (χ0v) is 15.9. The van der Waals surface area contributed by atoms with E-state index in [1.54, 1.807) is 16.3 Å². The molecule has 0 aliphatic rings. The molecule has 3 aromatic rings. The van der Waals surface area contributed by atoms with Crippen molar-refractivity contribution >= 4 is 49.7 Å². The van der Waals surface area contributed by atoms with Crippen LogP contribution in [-0.4, -0.2) is 29.1 Å². The molecule has 1 amide bonds. The minimum absolute atomic E-state index is 0.0546. The maximum absolute atomic E-state index is 12.3. The third-order valence-electron chi connectivity index (χ3n) is 3.33. The van der Waals surface area contributed by atoms with Gasteiger partial charge in [-0.05, 0) is 31.2 Å². The molecule has 0 fully saturated rings. The van der Waals surface area contributed by atoms with Crippen molar-refractivity contribution in [3.05, 3.63) is 52.8 Å². The van der Waals surface area contributed by atoms with E-state index in [-0.39, 0.29) is 20.7 Å². The normalized spacial score (nSPS) is 11.3. The van der Waals surface area contributed by atoms with Gasteiger partial charge in [-0.25, -0.2) is 13.4 Å². The Morgan fingerprint density at radius 1 is 1.31 bits per heavy atom. The minimum Gasteiger partial charge on any atom is -0.321 e. The topological polar surface area (TPSA) is 106 Å². The van der Waals surface area contributed by atoms with E-state index in [9.17, 15) is 13.2 Å². The highest BCUT2D eigenvalue weighted by atomic mass is 35.5. The van der Waals surface area contributed by atoms with Gasteiger partial charge in [0.1, 0.15) is 0 Å². The predicted molar refractivity (Wildman–Crippen MR) is 100 cm³/mol. The van der Waals surface area contributed by atoms with Gasteiger partial charge in [0.2, 0.25) is 0 Å². The molecule has 0 radical (unpaired) electrons. The van der Waals surface area contributed by atoms with Gasteiger partial charge in [-0.15, -0.1) is 11.3 Å². The maximum atomic E-state index is 12.3. The Balaban J connectivity index is 1.73. The van der Waals surface area contributed by atoms with Crippen LogP contribution in [-0.2, 0) is 16.6 Å². The number of amides is 1. The second-order valence-electron chi connectivity index (χ2n) is 5.10. The van der Waals surface area contributed by atoms with Gasteiger partial charge in [-0.1, -0.05) is 11.6 Å². The molecule has 0 spiro atoms. The van der Waals surface area contributed by atoms with Gasteiger partial charge in [0.25, 0.3) is 15.9 Å². The molecule has 0 saturated heterocycles. The molecule has 136 valence electrons. The van der Waals surface area contributed by atoms with Crippen molar-refractivity contribution < 1.29 is 13.2 Å². The molecule has 1 aromatic carbocycles. The van der Waals surface area contributed by atoms with Crippen LogP contribution >= 0.6 is 22.9 Å². The summed E-state index contributed by atoms with van der Waals surface area (Å²) in [4.78, 5) is 16.2. The van der Waals surface area contributed by atoms with E-state index in [4.69, 9.17) is 11.6 Å². The SMILES string of the molecule is CCn1cc(Cl)c(C(=O)Nc2ccc(S(=O)(=O)Nc3nccs3)cc2)n1. The molecule has 11 heteroatoms. The van der Waals surface area contributed by atoms with Crippen molar-refractivity contribution in [1.82, 2.24) is 14.8 Å². The predicted octanol–water partition coefficient (Wildman–Crippen LogP) is 3.07. The highest BCUT2D eigenvalue weighted by Gasteiger charge is 2.17. The first-order chi connectivity index (χ1) is 12.4. The lowest BCUT2D eigenvalue weighted by atomic mass is 10.3. The number of benzene rings is 1. The third-order valence-corrected chi connectivity index (χ3v) is 5.78. The summed E-state index contributed by atoms with van der Waals surface area (Å²) >= 11 is 7.18. The van der Waals surface area contributed by atoms with Gasteiger partial charge in [0, 0.05) is 30.0 Å². The summed E-state index contributed by atoms with van der Waals surface area (Å²) in [7, 11) is -3.74. The van der Waals surface area contributed by atoms with E-state index in [2.05, 4.69) is 20.1 Å². The molecule has 0 unspecified atom stereocenters. The molecular weight excluding hydrogens is 398 g/mol. The van der Waals surface area contributed by atoms with Gasteiger partial charge in [0.05, 0.1) is 9.92 Å². The fourth-order valence-electron chi connectivity index (χ4n) is 2.07. The molecule has 2 N–H and O–H groups in total. The molecule has 2 aromatic heterocycles. The van der Waals surface area contributed by atoms with Crippen molar-refractivity contribution in [3.63, 3.8) is 0 Å². The van der Waals surface area contributed by atoms with Crippen LogP contribution in [0.5, 0.6) is 0 Å². The van der Waals surface area contributed by atoms with Crippen molar-refractivity contribution in [2.75, 3.05) is 10.0 Å². The fourth-order valence-corrected chi connectivity index (χ4v) is 4.09. The summed E-state index contributed by atoms with van der Waals surface area (Å²) in [6.07, 6.45) is 3.07. The van der Waals surface area contributed by atoms with Crippen molar-refractivity contribution in [2.45, 2.75) is 18.4 Å². The second-order valence-corrected chi connectivity index (χ2v) is 8.09. The number of hydrogen-bond donors (Lipinski definition) is 2. The van der Waals surface area contributed by atoms with Crippen molar-refractivity contribution in [2.24, 2.45) is 0 Å². The van der Waals surface area contributed by atoms with Crippen LogP contribution in [0.1, 0.15) is 17.4 Å².